The number of nitrogens with one attached hydrogen (secondary N) is 1. The van der Waals surface area contributed by atoms with Gasteiger partial charge in [-0.05, 0) is 24.3 Å². The standard InChI is InChI=1S/C26H19N3O4/c1-33-22-14-8-7-13-21(22)29-25(31)19(24(30)28-26(29)32)15-18-17-11-5-6-12-20(17)27-23(18)16-9-3-2-4-10-16/h2-15,31H,1H3,(H,28,30,32)/b18-15+. The summed E-state index contributed by atoms with van der Waals surface area (Å²) in [6.07, 6.45) is 1.57. The summed E-state index contributed by atoms with van der Waals surface area (Å²) in [7, 11) is 1.47. The third-order valence-electron chi connectivity index (χ3n) is 5.46. The molecule has 0 fully saturated rings. The zero-order valence-corrected chi connectivity index (χ0v) is 17.6. The molecule has 33 heavy (non-hydrogen) atoms. The van der Waals surface area contributed by atoms with Gasteiger partial charge in [0.15, 0.2) is 0 Å². The molecular formula is C26H19N3O4. The molecule has 162 valence electrons. The van der Waals surface area contributed by atoms with E-state index in [0.29, 0.717) is 22.7 Å². The average molecular weight is 437 g/mol. The lowest BCUT2D eigenvalue weighted by atomic mass is 9.96. The number of aromatic amines is 1. The van der Waals surface area contributed by atoms with Crippen molar-refractivity contribution in [2.24, 2.45) is 4.99 Å². The van der Waals surface area contributed by atoms with Gasteiger partial charge in [-0.3, -0.25) is 9.78 Å². The topological polar surface area (TPSA) is 96.7 Å². The molecule has 2 heterocycles. The Morgan fingerprint density at radius 3 is 2.42 bits per heavy atom. The number of para-hydroxylation sites is 3. The largest absolute Gasteiger partial charge is 0.495 e. The van der Waals surface area contributed by atoms with Crippen LogP contribution in [0, 0.1) is 0 Å². The summed E-state index contributed by atoms with van der Waals surface area (Å²) in [5.74, 6) is -0.115. The second kappa shape index (κ2) is 8.12. The Hall–Kier alpha value is -4.65. The molecule has 0 saturated heterocycles. The fraction of sp³-hybridized carbons (Fsp3) is 0.0385. The zero-order chi connectivity index (χ0) is 22.9. The molecule has 0 radical (unpaired) electrons. The van der Waals surface area contributed by atoms with Crippen LogP contribution in [0.5, 0.6) is 11.6 Å². The molecule has 1 aliphatic rings. The van der Waals surface area contributed by atoms with Gasteiger partial charge in [0, 0.05) is 16.7 Å². The van der Waals surface area contributed by atoms with Crippen LogP contribution >= 0.6 is 0 Å². The summed E-state index contributed by atoms with van der Waals surface area (Å²) in [6, 6.07) is 23.9. The highest BCUT2D eigenvalue weighted by atomic mass is 16.5. The quantitative estimate of drug-likeness (QED) is 0.506. The van der Waals surface area contributed by atoms with Crippen molar-refractivity contribution < 1.29 is 9.84 Å². The molecule has 7 nitrogen and oxygen atoms in total. The highest BCUT2D eigenvalue weighted by Gasteiger charge is 2.24. The molecule has 1 aromatic heterocycles. The molecule has 0 amide bonds. The Morgan fingerprint density at radius 2 is 1.64 bits per heavy atom. The summed E-state index contributed by atoms with van der Waals surface area (Å²) < 4.78 is 6.36. The molecule has 5 rings (SSSR count). The van der Waals surface area contributed by atoms with Gasteiger partial charge in [-0.25, -0.2) is 14.4 Å². The smallest absolute Gasteiger partial charge is 0.335 e. The number of aliphatic imine (C=N–C) groups is 1. The lowest BCUT2D eigenvalue weighted by Gasteiger charge is -2.13. The van der Waals surface area contributed by atoms with E-state index in [1.54, 1.807) is 30.3 Å². The van der Waals surface area contributed by atoms with Gasteiger partial charge in [-0.15, -0.1) is 0 Å². The number of H-pyrrole nitrogens is 1. The molecule has 7 heteroatoms. The second-order valence-corrected chi connectivity index (χ2v) is 7.41. The third kappa shape index (κ3) is 3.45. The number of methoxy groups -OCH3 is 1. The number of benzene rings is 3. The van der Waals surface area contributed by atoms with E-state index in [-0.39, 0.29) is 5.56 Å². The maximum Gasteiger partial charge on any atom is 0.335 e. The molecule has 0 aliphatic carbocycles. The molecule has 4 aromatic rings. The molecule has 3 aromatic carbocycles. The van der Waals surface area contributed by atoms with E-state index >= 15 is 0 Å². The Morgan fingerprint density at radius 1 is 0.939 bits per heavy atom. The lowest BCUT2D eigenvalue weighted by Crippen LogP contribution is -2.30. The van der Waals surface area contributed by atoms with E-state index in [4.69, 9.17) is 9.73 Å². The summed E-state index contributed by atoms with van der Waals surface area (Å²) in [5, 5.41) is 11.1. The van der Waals surface area contributed by atoms with Gasteiger partial charge in [0.2, 0.25) is 5.88 Å². The molecule has 0 atom stereocenters. The fourth-order valence-electron chi connectivity index (χ4n) is 3.92. The van der Waals surface area contributed by atoms with Crippen LogP contribution in [0.25, 0.3) is 17.3 Å². The van der Waals surface area contributed by atoms with Gasteiger partial charge < -0.3 is 9.84 Å². The van der Waals surface area contributed by atoms with Crippen LogP contribution in [0.4, 0.5) is 5.69 Å². The minimum absolute atomic E-state index is 0.0594. The van der Waals surface area contributed by atoms with Crippen LogP contribution in [0.15, 0.2) is 93.4 Å². The van der Waals surface area contributed by atoms with Gasteiger partial charge >= 0.3 is 5.69 Å². The number of fused-ring (bicyclic) bond motifs is 1. The molecular weight excluding hydrogens is 418 g/mol. The molecule has 1 aliphatic heterocycles. The molecule has 0 spiro atoms. The SMILES string of the molecule is COc1ccccc1-n1c(O)c(/C=C2/C(c3ccccc3)=Nc3ccccc32)c(=O)[nH]c1=O. The molecule has 0 saturated carbocycles. The van der Waals surface area contributed by atoms with E-state index < -0.39 is 17.1 Å². The number of nitrogens with zero attached hydrogens (tertiary/aromatic N) is 2. The van der Waals surface area contributed by atoms with Gasteiger partial charge in [0.05, 0.1) is 24.2 Å². The fourth-order valence-corrected chi connectivity index (χ4v) is 3.92. The number of aromatic nitrogens is 2. The minimum Gasteiger partial charge on any atom is -0.495 e. The first-order valence-electron chi connectivity index (χ1n) is 10.3. The predicted octanol–water partition coefficient (Wildman–Crippen LogP) is 3.92. The van der Waals surface area contributed by atoms with Crippen LogP contribution < -0.4 is 16.0 Å². The van der Waals surface area contributed by atoms with Crippen molar-refractivity contribution in [3.63, 3.8) is 0 Å². The van der Waals surface area contributed by atoms with Crippen molar-refractivity contribution in [1.29, 1.82) is 0 Å². The lowest BCUT2D eigenvalue weighted by molar-refractivity contribution is 0.401. The van der Waals surface area contributed by atoms with Crippen molar-refractivity contribution in [3.05, 3.63) is 116 Å². The van der Waals surface area contributed by atoms with Gasteiger partial charge in [0.25, 0.3) is 5.56 Å². The first kappa shape index (κ1) is 20.3. The van der Waals surface area contributed by atoms with Crippen LogP contribution in [-0.2, 0) is 0 Å². The number of ether oxygens (including phenoxy) is 1. The highest BCUT2D eigenvalue weighted by Crippen LogP contribution is 2.38. The molecule has 2 N–H and O–H groups in total. The van der Waals surface area contributed by atoms with Crippen molar-refractivity contribution in [3.8, 4) is 17.3 Å². The van der Waals surface area contributed by atoms with Crippen LogP contribution in [0.2, 0.25) is 0 Å². The van der Waals surface area contributed by atoms with Crippen LogP contribution in [0.3, 0.4) is 0 Å². The number of hydrogen-bond donors (Lipinski definition) is 2. The third-order valence-corrected chi connectivity index (χ3v) is 5.46. The van der Waals surface area contributed by atoms with Crippen molar-refractivity contribution in [2.75, 3.05) is 7.11 Å². The maximum absolute atomic E-state index is 12.8. The number of rotatable bonds is 4. The van der Waals surface area contributed by atoms with Crippen LogP contribution in [0.1, 0.15) is 16.7 Å². The number of aromatic hydroxyl groups is 1. The summed E-state index contributed by atoms with van der Waals surface area (Å²) >= 11 is 0. The van der Waals surface area contributed by atoms with Gasteiger partial charge in [-0.2, -0.15) is 0 Å². The summed E-state index contributed by atoms with van der Waals surface area (Å²) in [5.41, 5.74) is 2.57. The Balaban J connectivity index is 1.76. The van der Waals surface area contributed by atoms with Gasteiger partial charge in [-0.1, -0.05) is 60.7 Å². The normalized spacial score (nSPS) is 13.6. The van der Waals surface area contributed by atoms with Crippen molar-refractivity contribution in [1.82, 2.24) is 9.55 Å². The zero-order valence-electron chi connectivity index (χ0n) is 17.6. The van der Waals surface area contributed by atoms with E-state index in [2.05, 4.69) is 4.98 Å². The monoisotopic (exact) mass is 437 g/mol. The minimum atomic E-state index is -0.770. The van der Waals surface area contributed by atoms with Gasteiger partial charge in [0.1, 0.15) is 11.3 Å². The maximum atomic E-state index is 12.8. The van der Waals surface area contributed by atoms with E-state index in [1.165, 1.54) is 7.11 Å². The average Bonchev–Trinajstić information content (AvgIpc) is 3.21. The van der Waals surface area contributed by atoms with E-state index in [9.17, 15) is 14.7 Å². The highest BCUT2D eigenvalue weighted by molar-refractivity contribution is 6.39. The van der Waals surface area contributed by atoms with Crippen molar-refractivity contribution >= 4 is 23.0 Å². The van der Waals surface area contributed by atoms with E-state index in [0.717, 1.165) is 21.4 Å². The van der Waals surface area contributed by atoms with Crippen molar-refractivity contribution in [2.45, 2.75) is 0 Å². The van der Waals surface area contributed by atoms with E-state index in [1.807, 2.05) is 54.6 Å². The molecule has 0 unspecified atom stereocenters. The number of allylic oxidation sites excluding steroid dienone is 1. The predicted molar refractivity (Wildman–Crippen MR) is 128 cm³/mol. The Bertz CT molecular complexity index is 1550. The first-order valence-corrected chi connectivity index (χ1v) is 10.3. The summed E-state index contributed by atoms with van der Waals surface area (Å²) in [6.45, 7) is 0. The second-order valence-electron chi connectivity index (χ2n) is 7.41. The summed E-state index contributed by atoms with van der Waals surface area (Å²) in [4.78, 5) is 32.5. The number of hydrogen-bond acceptors (Lipinski definition) is 5. The Labute approximate surface area is 188 Å². The molecule has 0 bridgehead atoms. The first-order chi connectivity index (χ1) is 16.1. The van der Waals surface area contributed by atoms with Crippen LogP contribution in [-0.4, -0.2) is 27.5 Å². The Kier molecular flexibility index (Phi) is 4.99.